The zero-order valence-corrected chi connectivity index (χ0v) is 20.6. The van der Waals surface area contributed by atoms with Crippen molar-refractivity contribution in [1.29, 1.82) is 10.5 Å². The first-order valence-electron chi connectivity index (χ1n) is 12.5. The first-order valence-corrected chi connectivity index (χ1v) is 13.4. The SMILES string of the molecule is CCCCCCCCCCCCCCCCN1C=CC(=c2ccc(=C(C#N)C#N)s2)C=C1. The molecule has 0 spiro atoms. The molecule has 0 fully saturated rings. The third-order valence-electron chi connectivity index (χ3n) is 6.02. The molecule has 1 aliphatic rings. The highest BCUT2D eigenvalue weighted by Gasteiger charge is 2.03. The summed E-state index contributed by atoms with van der Waals surface area (Å²) in [7, 11) is 0. The van der Waals surface area contributed by atoms with E-state index in [-0.39, 0.29) is 5.57 Å². The minimum atomic E-state index is 0.185. The van der Waals surface area contributed by atoms with Crippen molar-refractivity contribution in [3.8, 4) is 12.1 Å². The van der Waals surface area contributed by atoms with Gasteiger partial charge in [0, 0.05) is 23.5 Å². The van der Waals surface area contributed by atoms with Gasteiger partial charge in [-0.25, -0.2) is 0 Å². The lowest BCUT2D eigenvalue weighted by molar-refractivity contribution is 0.462. The number of hydrogen-bond acceptors (Lipinski definition) is 4. The summed E-state index contributed by atoms with van der Waals surface area (Å²) in [6.45, 7) is 3.35. The lowest BCUT2D eigenvalue weighted by Crippen LogP contribution is -2.14. The van der Waals surface area contributed by atoms with Gasteiger partial charge in [-0.3, -0.25) is 0 Å². The van der Waals surface area contributed by atoms with Crippen LogP contribution in [0.15, 0.2) is 36.7 Å². The van der Waals surface area contributed by atoms with Gasteiger partial charge in [-0.15, -0.1) is 11.3 Å². The molecule has 0 bridgehead atoms. The number of hydrogen-bond donors (Lipinski definition) is 0. The Balaban J connectivity index is 1.54. The van der Waals surface area contributed by atoms with Crippen LogP contribution in [0.1, 0.15) is 96.8 Å². The van der Waals surface area contributed by atoms with Crippen LogP contribution in [-0.2, 0) is 0 Å². The Bertz CT molecular complexity index is 891. The van der Waals surface area contributed by atoms with E-state index in [1.165, 1.54) is 101 Å². The molecular formula is C28H39N3S. The van der Waals surface area contributed by atoms with E-state index in [0.717, 1.165) is 21.2 Å². The predicted molar refractivity (Wildman–Crippen MR) is 137 cm³/mol. The maximum Gasteiger partial charge on any atom is 0.146 e. The Kier molecular flexibility index (Phi) is 13.3. The van der Waals surface area contributed by atoms with E-state index in [1.807, 2.05) is 24.3 Å². The monoisotopic (exact) mass is 449 g/mol. The fourth-order valence-corrected chi connectivity index (χ4v) is 4.98. The standard InChI is InChI=1S/C28H39N3S/c1-2-3-4-5-6-7-8-9-10-11-12-13-14-15-20-31-21-18-25(19-22-31)27-16-17-28(32-27)26(23-29)24-30/h16-19,21-22H,2-15,20H2,1H3. The third kappa shape index (κ3) is 9.88. The summed E-state index contributed by atoms with van der Waals surface area (Å²) in [4.78, 5) is 2.25. The van der Waals surface area contributed by atoms with Crippen LogP contribution in [-0.4, -0.2) is 11.4 Å². The molecule has 0 radical (unpaired) electrons. The maximum absolute atomic E-state index is 9.01. The predicted octanol–water partition coefficient (Wildman–Crippen LogP) is 6.92. The Labute approximate surface area is 199 Å². The van der Waals surface area contributed by atoms with Crippen LogP contribution in [0.25, 0.3) is 11.1 Å². The summed E-state index contributed by atoms with van der Waals surface area (Å²) >= 11 is 1.50. The minimum Gasteiger partial charge on any atom is -0.354 e. The summed E-state index contributed by atoms with van der Waals surface area (Å²) in [6, 6.07) is 7.77. The quantitative estimate of drug-likeness (QED) is 0.273. The smallest absolute Gasteiger partial charge is 0.146 e. The van der Waals surface area contributed by atoms with E-state index >= 15 is 0 Å². The van der Waals surface area contributed by atoms with Crippen molar-refractivity contribution in [3.63, 3.8) is 0 Å². The van der Waals surface area contributed by atoms with Gasteiger partial charge in [0.1, 0.15) is 17.7 Å². The van der Waals surface area contributed by atoms with Gasteiger partial charge in [0.05, 0.1) is 4.53 Å². The van der Waals surface area contributed by atoms with Crippen LogP contribution in [0.2, 0.25) is 0 Å². The van der Waals surface area contributed by atoms with Crippen LogP contribution >= 0.6 is 11.3 Å². The molecule has 2 heterocycles. The number of allylic oxidation sites excluding steroid dienone is 2. The number of unbranched alkanes of at least 4 members (excludes halogenated alkanes) is 13. The summed E-state index contributed by atoms with van der Waals surface area (Å²) < 4.78 is 1.83. The topological polar surface area (TPSA) is 50.8 Å². The molecule has 1 aromatic heterocycles. The van der Waals surface area contributed by atoms with Gasteiger partial charge in [0.15, 0.2) is 0 Å². The van der Waals surface area contributed by atoms with Crippen molar-refractivity contribution < 1.29 is 0 Å². The molecule has 0 aromatic carbocycles. The highest BCUT2D eigenvalue weighted by atomic mass is 32.1. The van der Waals surface area contributed by atoms with Crippen LogP contribution in [0.5, 0.6) is 0 Å². The van der Waals surface area contributed by atoms with E-state index in [1.54, 1.807) is 0 Å². The molecule has 0 unspecified atom stereocenters. The fourth-order valence-electron chi connectivity index (χ4n) is 4.02. The summed E-state index contributed by atoms with van der Waals surface area (Å²) in [5.74, 6) is 0. The molecule has 0 amide bonds. The van der Waals surface area contributed by atoms with Gasteiger partial charge < -0.3 is 4.90 Å². The van der Waals surface area contributed by atoms with E-state index in [4.69, 9.17) is 10.5 Å². The van der Waals surface area contributed by atoms with E-state index in [2.05, 4.69) is 36.4 Å². The zero-order chi connectivity index (χ0) is 22.9. The minimum absolute atomic E-state index is 0.185. The third-order valence-corrected chi connectivity index (χ3v) is 7.17. The summed E-state index contributed by atoms with van der Waals surface area (Å²) in [5, 5.41) is 18.0. The Hall–Kier alpha value is -2.30. The molecule has 0 saturated carbocycles. The van der Waals surface area contributed by atoms with Crippen molar-refractivity contribution in [1.82, 2.24) is 4.90 Å². The van der Waals surface area contributed by atoms with Crippen molar-refractivity contribution >= 4 is 22.5 Å². The van der Waals surface area contributed by atoms with Gasteiger partial charge in [0.25, 0.3) is 0 Å². The molecule has 2 rings (SSSR count). The van der Waals surface area contributed by atoms with Crippen molar-refractivity contribution in [2.24, 2.45) is 0 Å². The molecule has 0 aliphatic carbocycles. The van der Waals surface area contributed by atoms with E-state index in [0.29, 0.717) is 0 Å². The Morgan fingerprint density at radius 3 is 1.75 bits per heavy atom. The molecule has 4 heteroatoms. The molecule has 3 nitrogen and oxygen atoms in total. The van der Waals surface area contributed by atoms with Crippen molar-refractivity contribution in [2.75, 3.05) is 6.54 Å². The van der Waals surface area contributed by atoms with Gasteiger partial charge in [-0.05, 0) is 36.3 Å². The second-order valence-corrected chi connectivity index (χ2v) is 9.77. The molecule has 0 N–H and O–H groups in total. The number of nitriles is 2. The van der Waals surface area contributed by atoms with Gasteiger partial charge in [0.2, 0.25) is 0 Å². The second kappa shape index (κ2) is 16.3. The molecule has 1 aliphatic heterocycles. The second-order valence-electron chi connectivity index (χ2n) is 8.68. The largest absolute Gasteiger partial charge is 0.354 e. The average molecular weight is 450 g/mol. The number of thiophene rings is 1. The molecule has 0 saturated heterocycles. The van der Waals surface area contributed by atoms with E-state index in [9.17, 15) is 0 Å². The molecular weight excluding hydrogens is 410 g/mol. The number of rotatable bonds is 15. The zero-order valence-electron chi connectivity index (χ0n) is 19.8. The summed E-state index contributed by atoms with van der Waals surface area (Å²) in [6.07, 6.45) is 28.0. The molecule has 1 aromatic rings. The van der Waals surface area contributed by atoms with Gasteiger partial charge in [-0.2, -0.15) is 10.5 Å². The Morgan fingerprint density at radius 2 is 1.25 bits per heavy atom. The Morgan fingerprint density at radius 1 is 0.750 bits per heavy atom. The molecule has 0 atom stereocenters. The highest BCUT2D eigenvalue weighted by Crippen LogP contribution is 2.14. The van der Waals surface area contributed by atoms with Crippen molar-refractivity contribution in [3.05, 3.63) is 45.7 Å². The first kappa shape index (κ1) is 26.0. The maximum atomic E-state index is 9.01. The van der Waals surface area contributed by atoms with Crippen LogP contribution in [0, 0.1) is 22.7 Å². The average Bonchev–Trinajstić information content (AvgIpc) is 3.30. The van der Waals surface area contributed by atoms with E-state index < -0.39 is 0 Å². The fraction of sp³-hybridized carbons (Fsp3) is 0.571. The van der Waals surface area contributed by atoms with Crippen LogP contribution in [0.4, 0.5) is 0 Å². The summed E-state index contributed by atoms with van der Waals surface area (Å²) in [5.41, 5.74) is 1.32. The van der Waals surface area contributed by atoms with Gasteiger partial charge in [-0.1, -0.05) is 90.4 Å². The molecule has 32 heavy (non-hydrogen) atoms. The normalized spacial score (nSPS) is 12.7. The number of nitrogens with zero attached hydrogens (tertiary/aromatic N) is 3. The first-order chi connectivity index (χ1) is 15.8. The van der Waals surface area contributed by atoms with Gasteiger partial charge >= 0.3 is 0 Å². The van der Waals surface area contributed by atoms with Crippen molar-refractivity contribution in [2.45, 2.75) is 96.8 Å². The highest BCUT2D eigenvalue weighted by molar-refractivity contribution is 7.08. The lowest BCUT2D eigenvalue weighted by atomic mass is 10.0. The molecule has 172 valence electrons. The van der Waals surface area contributed by atoms with Crippen LogP contribution < -0.4 is 9.06 Å². The van der Waals surface area contributed by atoms with Crippen LogP contribution in [0.3, 0.4) is 0 Å². The lowest BCUT2D eigenvalue weighted by Gasteiger charge is -2.18.